The van der Waals surface area contributed by atoms with Crippen molar-refractivity contribution in [2.45, 2.75) is 0 Å². The molecule has 7 nitrogen and oxygen atoms in total. The van der Waals surface area contributed by atoms with Crippen LogP contribution in [0.1, 0.15) is 5.76 Å². The van der Waals surface area contributed by atoms with E-state index in [1.54, 1.807) is 18.4 Å². The highest BCUT2D eigenvalue weighted by Crippen LogP contribution is 2.31. The van der Waals surface area contributed by atoms with Gasteiger partial charge in [-0.2, -0.15) is 13.7 Å². The minimum Gasteiger partial charge on any atom is -0.465 e. The molecule has 124 valence electrons. The van der Waals surface area contributed by atoms with Crippen LogP contribution in [-0.2, 0) is 4.79 Å². The lowest BCUT2D eigenvalue weighted by Gasteiger charge is -2.35. The number of piperazine rings is 1. The van der Waals surface area contributed by atoms with Crippen molar-refractivity contribution in [2.75, 3.05) is 31.1 Å². The zero-order valence-electron chi connectivity index (χ0n) is 12.4. The first-order valence-corrected chi connectivity index (χ1v) is 9.17. The minimum atomic E-state index is -0.222. The van der Waals surface area contributed by atoms with Gasteiger partial charge >= 0.3 is 0 Å². The van der Waals surface area contributed by atoms with Gasteiger partial charge in [0.05, 0.1) is 22.9 Å². The predicted octanol–water partition coefficient (Wildman–Crippen LogP) is 2.58. The highest BCUT2D eigenvalue weighted by Gasteiger charge is 2.29. The van der Waals surface area contributed by atoms with Gasteiger partial charge < -0.3 is 14.2 Å². The van der Waals surface area contributed by atoms with Gasteiger partial charge in [-0.1, -0.05) is 11.6 Å². The molecule has 0 radical (unpaired) electrons. The van der Waals surface area contributed by atoms with E-state index in [1.165, 1.54) is 11.8 Å². The standard InChI is InChI=1S/C14H12ClN5O2S2/c15-11-12(18-24-17-11)19-3-5-20(6-4-19)14-16-13(21)10(23-14)8-9-2-1-7-22-9/h1-2,7-8H,3-6H2/b10-8-. The maximum Gasteiger partial charge on any atom is 0.286 e. The molecule has 1 fully saturated rings. The molecule has 24 heavy (non-hydrogen) atoms. The van der Waals surface area contributed by atoms with Crippen LogP contribution in [0.5, 0.6) is 0 Å². The molecule has 0 aromatic carbocycles. The van der Waals surface area contributed by atoms with Gasteiger partial charge in [0.25, 0.3) is 5.91 Å². The summed E-state index contributed by atoms with van der Waals surface area (Å²) in [5.41, 5.74) is 0. The Labute approximate surface area is 151 Å². The number of amides is 1. The van der Waals surface area contributed by atoms with Crippen LogP contribution in [0.3, 0.4) is 0 Å². The molecular weight excluding hydrogens is 370 g/mol. The second-order valence-corrected chi connectivity index (χ2v) is 7.07. The topological polar surface area (TPSA) is 74.8 Å². The highest BCUT2D eigenvalue weighted by atomic mass is 35.5. The van der Waals surface area contributed by atoms with E-state index in [0.29, 0.717) is 15.8 Å². The van der Waals surface area contributed by atoms with Gasteiger partial charge in [0, 0.05) is 32.3 Å². The lowest BCUT2D eigenvalue weighted by molar-refractivity contribution is -0.113. The average molecular weight is 382 g/mol. The zero-order valence-corrected chi connectivity index (χ0v) is 14.8. The molecule has 4 rings (SSSR count). The maximum atomic E-state index is 12.1. The van der Waals surface area contributed by atoms with E-state index in [0.717, 1.165) is 48.9 Å². The summed E-state index contributed by atoms with van der Waals surface area (Å²) in [7, 11) is 0. The molecule has 2 aliphatic heterocycles. The number of halogens is 1. The van der Waals surface area contributed by atoms with Crippen molar-refractivity contribution in [1.82, 2.24) is 13.6 Å². The fraction of sp³-hybridized carbons (Fsp3) is 0.286. The van der Waals surface area contributed by atoms with Crippen LogP contribution >= 0.6 is 35.1 Å². The van der Waals surface area contributed by atoms with Crippen molar-refractivity contribution in [3.05, 3.63) is 34.2 Å². The summed E-state index contributed by atoms with van der Waals surface area (Å²) < 4.78 is 13.5. The molecule has 2 aliphatic rings. The second-order valence-electron chi connectivity index (χ2n) is 5.18. The number of aromatic nitrogens is 2. The van der Waals surface area contributed by atoms with Gasteiger partial charge in [-0.25, -0.2) is 0 Å². The van der Waals surface area contributed by atoms with E-state index >= 15 is 0 Å². The minimum absolute atomic E-state index is 0.222. The van der Waals surface area contributed by atoms with Gasteiger partial charge in [0.15, 0.2) is 16.1 Å². The fourth-order valence-electron chi connectivity index (χ4n) is 2.51. The van der Waals surface area contributed by atoms with Gasteiger partial charge in [-0.15, -0.1) is 0 Å². The molecule has 1 saturated heterocycles. The van der Waals surface area contributed by atoms with Crippen LogP contribution in [0, 0.1) is 0 Å². The summed E-state index contributed by atoms with van der Waals surface area (Å²) in [5, 5.41) is 1.18. The molecule has 0 atom stereocenters. The first-order chi connectivity index (χ1) is 11.7. The Kier molecular flexibility index (Phi) is 4.30. The summed E-state index contributed by atoms with van der Waals surface area (Å²) in [5.74, 6) is 1.16. The van der Waals surface area contributed by atoms with Crippen molar-refractivity contribution in [1.29, 1.82) is 0 Å². The summed E-state index contributed by atoms with van der Waals surface area (Å²) in [6.07, 6.45) is 3.30. The van der Waals surface area contributed by atoms with E-state index < -0.39 is 0 Å². The Morgan fingerprint density at radius 1 is 1.21 bits per heavy atom. The lowest BCUT2D eigenvalue weighted by Crippen LogP contribution is -2.48. The lowest BCUT2D eigenvalue weighted by atomic mass is 10.3. The fourth-order valence-corrected chi connectivity index (χ4v) is 4.23. The number of carbonyl (C=O) groups excluding carboxylic acids is 1. The van der Waals surface area contributed by atoms with E-state index in [4.69, 9.17) is 16.0 Å². The smallest absolute Gasteiger partial charge is 0.286 e. The normalized spacial score (nSPS) is 20.1. The number of thioether (sulfide) groups is 1. The Morgan fingerprint density at radius 3 is 2.67 bits per heavy atom. The van der Waals surface area contributed by atoms with Crippen LogP contribution < -0.4 is 4.90 Å². The number of furan rings is 1. The number of rotatable bonds is 2. The number of carbonyl (C=O) groups is 1. The van der Waals surface area contributed by atoms with Crippen LogP contribution in [-0.4, -0.2) is 50.9 Å². The molecule has 2 aromatic heterocycles. The summed E-state index contributed by atoms with van der Waals surface area (Å²) in [6, 6.07) is 3.60. The molecule has 0 saturated carbocycles. The predicted molar refractivity (Wildman–Crippen MR) is 95.4 cm³/mol. The Balaban J connectivity index is 1.41. The Bertz CT molecular complexity index is 809. The molecule has 1 amide bonds. The molecule has 10 heteroatoms. The van der Waals surface area contributed by atoms with Crippen LogP contribution in [0.4, 0.5) is 5.82 Å². The first-order valence-electron chi connectivity index (χ1n) is 7.25. The van der Waals surface area contributed by atoms with Crippen LogP contribution in [0.25, 0.3) is 6.08 Å². The van der Waals surface area contributed by atoms with Gasteiger partial charge in [-0.05, 0) is 23.9 Å². The molecule has 0 spiro atoms. The number of hydrogen-bond donors (Lipinski definition) is 0. The summed E-state index contributed by atoms with van der Waals surface area (Å²) in [4.78, 5) is 21.0. The molecular formula is C14H12ClN5O2S2. The summed E-state index contributed by atoms with van der Waals surface area (Å²) in [6.45, 7) is 3.02. The molecule has 0 unspecified atom stereocenters. The van der Waals surface area contributed by atoms with Crippen molar-refractivity contribution in [3.8, 4) is 0 Å². The second kappa shape index (κ2) is 6.58. The molecule has 4 heterocycles. The molecule has 0 bridgehead atoms. The van der Waals surface area contributed by atoms with Crippen LogP contribution in [0.2, 0.25) is 5.15 Å². The van der Waals surface area contributed by atoms with Gasteiger partial charge in [0.2, 0.25) is 0 Å². The largest absolute Gasteiger partial charge is 0.465 e. The van der Waals surface area contributed by atoms with Crippen molar-refractivity contribution in [2.24, 2.45) is 4.99 Å². The third kappa shape index (κ3) is 3.06. The number of anilines is 1. The molecule has 0 aliphatic carbocycles. The average Bonchev–Trinajstić information content (AvgIpc) is 3.31. The number of amidine groups is 1. The summed E-state index contributed by atoms with van der Waals surface area (Å²) >= 11 is 8.53. The third-order valence-corrected chi connectivity index (χ3v) is 5.63. The number of hydrogen-bond acceptors (Lipinski definition) is 8. The maximum absolute atomic E-state index is 12.1. The van der Waals surface area contributed by atoms with E-state index in [2.05, 4.69) is 23.5 Å². The van der Waals surface area contributed by atoms with E-state index in [9.17, 15) is 4.79 Å². The monoisotopic (exact) mass is 381 g/mol. The van der Waals surface area contributed by atoms with Crippen molar-refractivity contribution < 1.29 is 9.21 Å². The van der Waals surface area contributed by atoms with Crippen molar-refractivity contribution >= 4 is 58.1 Å². The Hall–Kier alpha value is -1.84. The third-order valence-electron chi connectivity index (χ3n) is 3.71. The first kappa shape index (κ1) is 15.7. The molecule has 0 N–H and O–H groups in total. The van der Waals surface area contributed by atoms with Gasteiger partial charge in [0.1, 0.15) is 5.76 Å². The SMILES string of the molecule is O=C1N=C(N2CCN(c3nsnc3Cl)CC2)S/C1=C\c1ccco1. The van der Waals surface area contributed by atoms with Crippen LogP contribution in [0.15, 0.2) is 32.7 Å². The van der Waals surface area contributed by atoms with Gasteiger partial charge in [-0.3, -0.25) is 4.79 Å². The van der Waals surface area contributed by atoms with E-state index in [1.807, 2.05) is 6.07 Å². The van der Waals surface area contributed by atoms with E-state index in [-0.39, 0.29) is 5.91 Å². The number of aliphatic imine (C=N–C) groups is 1. The quantitative estimate of drug-likeness (QED) is 0.740. The molecule has 2 aromatic rings. The Morgan fingerprint density at radius 2 is 2.00 bits per heavy atom. The van der Waals surface area contributed by atoms with Crippen molar-refractivity contribution in [3.63, 3.8) is 0 Å². The highest BCUT2D eigenvalue weighted by molar-refractivity contribution is 8.18. The zero-order chi connectivity index (χ0) is 16.5. The number of nitrogens with zero attached hydrogens (tertiary/aromatic N) is 5.